The molecular weight excluding hydrogens is 228 g/mol. The van der Waals surface area contributed by atoms with E-state index in [1.807, 2.05) is 13.8 Å². The number of rotatable bonds is 3. The van der Waals surface area contributed by atoms with E-state index in [0.717, 1.165) is 0 Å². The topological polar surface area (TPSA) is 99.1 Å². The summed E-state index contributed by atoms with van der Waals surface area (Å²) < 4.78 is 5.46. The number of carbonyl (C=O) groups is 2. The molecule has 7 nitrogen and oxygen atoms in total. The second-order valence-electron chi connectivity index (χ2n) is 4.19. The van der Waals surface area contributed by atoms with Crippen molar-refractivity contribution in [1.29, 1.82) is 0 Å². The Labute approximate surface area is 99.4 Å². The molecule has 3 N–H and O–H groups in total. The predicted molar refractivity (Wildman–Crippen MR) is 58.6 cm³/mol. The summed E-state index contributed by atoms with van der Waals surface area (Å²) >= 11 is 0. The molecule has 0 radical (unpaired) electrons. The Balaban J connectivity index is 2.54. The molecule has 0 aliphatic carbocycles. The van der Waals surface area contributed by atoms with Crippen LogP contribution in [0.15, 0.2) is 0 Å². The zero-order valence-electron chi connectivity index (χ0n) is 9.92. The van der Waals surface area contributed by atoms with Crippen molar-refractivity contribution in [3.8, 4) is 0 Å². The molecule has 7 heteroatoms. The molecular formula is C10H18N2O5. The first-order valence-corrected chi connectivity index (χ1v) is 5.48. The molecule has 1 saturated heterocycles. The van der Waals surface area contributed by atoms with Gasteiger partial charge in [-0.15, -0.1) is 0 Å². The van der Waals surface area contributed by atoms with Crippen molar-refractivity contribution in [2.75, 3.05) is 19.7 Å². The number of urea groups is 1. The Morgan fingerprint density at radius 3 is 2.35 bits per heavy atom. The Hall–Kier alpha value is -1.34. The summed E-state index contributed by atoms with van der Waals surface area (Å²) in [5.41, 5.74) is 0. The van der Waals surface area contributed by atoms with E-state index in [1.54, 1.807) is 0 Å². The fourth-order valence-electron chi connectivity index (χ4n) is 1.77. The maximum absolute atomic E-state index is 11.7. The van der Waals surface area contributed by atoms with Gasteiger partial charge >= 0.3 is 12.0 Å². The molecule has 0 bridgehead atoms. The summed E-state index contributed by atoms with van der Waals surface area (Å²) in [6.07, 6.45) is -0.163. The highest BCUT2D eigenvalue weighted by Crippen LogP contribution is 2.10. The van der Waals surface area contributed by atoms with Crippen LogP contribution < -0.4 is 5.32 Å². The molecule has 0 saturated carbocycles. The van der Waals surface area contributed by atoms with Gasteiger partial charge in [0.05, 0.1) is 18.8 Å². The highest BCUT2D eigenvalue weighted by atomic mass is 16.5. The van der Waals surface area contributed by atoms with E-state index in [9.17, 15) is 9.59 Å². The standard InChI is InChI=1S/C10H18N2O5/c1-6-3-12(4-7(2)17-6)10(16)11-8(5-13)9(14)15/h6-8,13H,3-5H2,1-2H3,(H,11,16)(H,14,15)/t6-,7+,8-/m0/s1. The molecule has 0 aromatic heterocycles. The van der Waals surface area contributed by atoms with Gasteiger partial charge in [0.1, 0.15) is 0 Å². The van der Waals surface area contributed by atoms with Gasteiger partial charge in [0, 0.05) is 13.1 Å². The van der Waals surface area contributed by atoms with E-state index in [2.05, 4.69) is 5.32 Å². The fraction of sp³-hybridized carbons (Fsp3) is 0.800. The van der Waals surface area contributed by atoms with Crippen molar-refractivity contribution in [3.05, 3.63) is 0 Å². The molecule has 0 spiro atoms. The molecule has 0 aromatic rings. The number of hydrogen-bond acceptors (Lipinski definition) is 4. The van der Waals surface area contributed by atoms with Crippen molar-refractivity contribution in [2.24, 2.45) is 0 Å². The number of hydrogen-bond donors (Lipinski definition) is 3. The lowest BCUT2D eigenvalue weighted by Gasteiger charge is -2.35. The zero-order chi connectivity index (χ0) is 13.0. The Kier molecular flexibility index (Phi) is 4.71. The first kappa shape index (κ1) is 13.7. The van der Waals surface area contributed by atoms with Crippen LogP contribution in [0.1, 0.15) is 13.8 Å². The average molecular weight is 246 g/mol. The lowest BCUT2D eigenvalue weighted by molar-refractivity contribution is -0.140. The minimum absolute atomic E-state index is 0.0816. The predicted octanol–water partition coefficient (Wildman–Crippen LogP) is -0.749. The van der Waals surface area contributed by atoms with Crippen LogP contribution in [0.3, 0.4) is 0 Å². The van der Waals surface area contributed by atoms with Crippen LogP contribution in [0.4, 0.5) is 4.79 Å². The van der Waals surface area contributed by atoms with Crippen LogP contribution >= 0.6 is 0 Å². The van der Waals surface area contributed by atoms with Gasteiger partial charge in [0.25, 0.3) is 0 Å². The molecule has 98 valence electrons. The van der Waals surface area contributed by atoms with Crippen molar-refractivity contribution in [2.45, 2.75) is 32.1 Å². The summed E-state index contributed by atoms with van der Waals surface area (Å²) in [4.78, 5) is 23.9. The monoisotopic (exact) mass is 246 g/mol. The van der Waals surface area contributed by atoms with Gasteiger partial charge in [0.2, 0.25) is 0 Å². The van der Waals surface area contributed by atoms with Gasteiger partial charge in [-0.05, 0) is 13.8 Å². The Morgan fingerprint density at radius 2 is 1.94 bits per heavy atom. The lowest BCUT2D eigenvalue weighted by atomic mass is 10.2. The second kappa shape index (κ2) is 5.83. The highest BCUT2D eigenvalue weighted by molar-refractivity contribution is 5.82. The summed E-state index contributed by atoms with van der Waals surface area (Å²) in [6, 6.07) is -1.76. The summed E-state index contributed by atoms with van der Waals surface area (Å²) in [5, 5.41) is 19.8. The van der Waals surface area contributed by atoms with Gasteiger partial charge in [0.15, 0.2) is 6.04 Å². The van der Waals surface area contributed by atoms with Gasteiger partial charge in [-0.1, -0.05) is 0 Å². The van der Waals surface area contributed by atoms with Crippen LogP contribution in [0.2, 0.25) is 0 Å². The molecule has 0 aromatic carbocycles. The molecule has 17 heavy (non-hydrogen) atoms. The van der Waals surface area contributed by atoms with Crippen molar-refractivity contribution >= 4 is 12.0 Å². The number of carbonyl (C=O) groups excluding carboxylic acids is 1. The third kappa shape index (κ3) is 3.86. The number of amides is 2. The molecule has 1 aliphatic heterocycles. The maximum Gasteiger partial charge on any atom is 0.328 e. The normalized spacial score (nSPS) is 26.4. The smallest absolute Gasteiger partial charge is 0.328 e. The number of ether oxygens (including phenoxy) is 1. The van der Waals surface area contributed by atoms with Gasteiger partial charge in [-0.2, -0.15) is 0 Å². The Bertz CT molecular complexity index is 286. The average Bonchev–Trinajstić information content (AvgIpc) is 2.23. The molecule has 3 atom stereocenters. The maximum atomic E-state index is 11.7. The number of nitrogens with one attached hydrogen (secondary N) is 1. The number of carboxylic acids is 1. The highest BCUT2D eigenvalue weighted by Gasteiger charge is 2.28. The third-order valence-corrected chi connectivity index (χ3v) is 2.49. The first-order chi connectivity index (χ1) is 7.93. The Morgan fingerprint density at radius 1 is 1.41 bits per heavy atom. The fourth-order valence-corrected chi connectivity index (χ4v) is 1.77. The molecule has 1 fully saturated rings. The van der Waals surface area contributed by atoms with Crippen LogP contribution in [0.5, 0.6) is 0 Å². The lowest BCUT2D eigenvalue weighted by Crippen LogP contribution is -2.55. The minimum Gasteiger partial charge on any atom is -0.480 e. The van der Waals surface area contributed by atoms with Crippen molar-refractivity contribution in [1.82, 2.24) is 10.2 Å². The van der Waals surface area contributed by atoms with Crippen molar-refractivity contribution in [3.63, 3.8) is 0 Å². The summed E-state index contributed by atoms with van der Waals surface area (Å²) in [6.45, 7) is 3.88. The van der Waals surface area contributed by atoms with E-state index < -0.39 is 24.6 Å². The van der Waals surface area contributed by atoms with E-state index >= 15 is 0 Å². The second-order valence-corrected chi connectivity index (χ2v) is 4.19. The molecule has 1 heterocycles. The molecule has 0 unspecified atom stereocenters. The van der Waals surface area contributed by atoms with Gasteiger partial charge < -0.3 is 25.2 Å². The quantitative estimate of drug-likeness (QED) is 0.608. The summed E-state index contributed by atoms with van der Waals surface area (Å²) in [5.74, 6) is -1.25. The van der Waals surface area contributed by atoms with Crippen LogP contribution in [0.25, 0.3) is 0 Å². The van der Waals surface area contributed by atoms with Crippen LogP contribution in [-0.2, 0) is 9.53 Å². The number of aliphatic hydroxyl groups is 1. The minimum atomic E-state index is -1.27. The van der Waals surface area contributed by atoms with Crippen LogP contribution in [-0.4, -0.2) is 65.1 Å². The van der Waals surface area contributed by atoms with Crippen molar-refractivity contribution < 1.29 is 24.5 Å². The number of morpholine rings is 1. The summed E-state index contributed by atoms with van der Waals surface area (Å²) in [7, 11) is 0. The molecule has 1 rings (SSSR count). The first-order valence-electron chi connectivity index (χ1n) is 5.48. The number of nitrogens with zero attached hydrogens (tertiary/aromatic N) is 1. The number of aliphatic carboxylic acids is 1. The van der Waals surface area contributed by atoms with E-state index in [0.29, 0.717) is 13.1 Å². The van der Waals surface area contributed by atoms with Gasteiger partial charge in [-0.3, -0.25) is 0 Å². The molecule has 2 amide bonds. The largest absolute Gasteiger partial charge is 0.480 e. The molecule has 1 aliphatic rings. The van der Waals surface area contributed by atoms with E-state index in [-0.39, 0.29) is 12.2 Å². The van der Waals surface area contributed by atoms with Crippen LogP contribution in [0, 0.1) is 0 Å². The van der Waals surface area contributed by atoms with E-state index in [4.69, 9.17) is 14.9 Å². The van der Waals surface area contributed by atoms with E-state index in [1.165, 1.54) is 4.90 Å². The number of aliphatic hydroxyl groups excluding tert-OH is 1. The third-order valence-electron chi connectivity index (χ3n) is 2.49. The SMILES string of the molecule is C[C@@H]1CN(C(=O)N[C@@H](CO)C(=O)O)C[C@H](C)O1. The zero-order valence-corrected chi connectivity index (χ0v) is 9.92. The van der Waals surface area contributed by atoms with Gasteiger partial charge in [-0.25, -0.2) is 9.59 Å². The number of carboxylic acid groups (broad SMARTS) is 1.